The molecular weight excluding hydrogens is 370 g/mol. The number of aromatic nitrogens is 2. The van der Waals surface area contributed by atoms with Gasteiger partial charge in [0.2, 0.25) is 6.39 Å². The Labute approximate surface area is 162 Å². The number of nitro groups is 1. The summed E-state index contributed by atoms with van der Waals surface area (Å²) in [6.45, 7) is 9.27. The third kappa shape index (κ3) is 7.76. The molecule has 1 unspecified atom stereocenters. The lowest BCUT2D eigenvalue weighted by molar-refractivity contribution is -0.496. The van der Waals surface area contributed by atoms with Crippen molar-refractivity contribution in [2.75, 3.05) is 6.54 Å². The SMILES string of the molecule is C=C(CN)N=CC1=CC([N+](=O)[O-])C=CC=C1Cl.C=C/C=C(\C)c1ncon1. The normalized spacial score (nSPS) is 16.7. The first kappa shape index (κ1) is 21.9. The predicted octanol–water partition coefficient (Wildman–Crippen LogP) is 3.45. The van der Waals surface area contributed by atoms with Crippen LogP contribution in [0.2, 0.25) is 0 Å². The Balaban J connectivity index is 0.000000309. The van der Waals surface area contributed by atoms with Gasteiger partial charge in [0.25, 0.3) is 6.04 Å². The number of nitrogens with two attached hydrogens (primary N) is 1. The summed E-state index contributed by atoms with van der Waals surface area (Å²) in [6.07, 6.45) is 12.2. The van der Waals surface area contributed by atoms with E-state index >= 15 is 0 Å². The average Bonchev–Trinajstić information content (AvgIpc) is 3.12. The second-order valence-electron chi connectivity index (χ2n) is 5.17. The van der Waals surface area contributed by atoms with Crippen molar-refractivity contribution in [1.29, 1.82) is 0 Å². The van der Waals surface area contributed by atoms with Gasteiger partial charge in [0.05, 0.1) is 0 Å². The van der Waals surface area contributed by atoms with Crippen molar-refractivity contribution in [2.45, 2.75) is 13.0 Å². The molecule has 27 heavy (non-hydrogen) atoms. The molecule has 0 saturated carbocycles. The lowest BCUT2D eigenvalue weighted by Crippen LogP contribution is -2.13. The molecule has 1 aliphatic rings. The molecule has 2 N–H and O–H groups in total. The zero-order chi connectivity index (χ0) is 20.2. The molecule has 1 aromatic heterocycles. The molecule has 1 heterocycles. The van der Waals surface area contributed by atoms with Crippen molar-refractivity contribution >= 4 is 23.4 Å². The fraction of sp³-hybridized carbons (Fsp3) is 0.167. The molecule has 0 radical (unpaired) electrons. The van der Waals surface area contributed by atoms with Gasteiger partial charge in [-0.15, -0.1) is 0 Å². The van der Waals surface area contributed by atoms with Crippen LogP contribution in [-0.4, -0.2) is 33.9 Å². The summed E-state index contributed by atoms with van der Waals surface area (Å²) in [7, 11) is 0. The monoisotopic (exact) mass is 389 g/mol. The Morgan fingerprint density at radius 1 is 1.59 bits per heavy atom. The molecule has 0 amide bonds. The number of nitrogens with zero attached hydrogens (tertiary/aromatic N) is 4. The first-order chi connectivity index (χ1) is 12.9. The van der Waals surface area contributed by atoms with Crippen LogP contribution in [0.4, 0.5) is 0 Å². The van der Waals surface area contributed by atoms with E-state index in [2.05, 4.69) is 32.8 Å². The van der Waals surface area contributed by atoms with Gasteiger partial charge in [-0.1, -0.05) is 48.1 Å². The van der Waals surface area contributed by atoms with Crippen molar-refractivity contribution in [3.63, 3.8) is 0 Å². The minimum Gasteiger partial charge on any atom is -0.342 e. The van der Waals surface area contributed by atoms with Gasteiger partial charge < -0.3 is 10.3 Å². The van der Waals surface area contributed by atoms with Gasteiger partial charge in [0.1, 0.15) is 0 Å². The van der Waals surface area contributed by atoms with Crippen LogP contribution in [0.3, 0.4) is 0 Å². The number of allylic oxidation sites excluding steroid dienone is 7. The van der Waals surface area contributed by atoms with Crippen molar-refractivity contribution in [3.8, 4) is 0 Å². The Kier molecular flexibility index (Phi) is 9.35. The quantitative estimate of drug-likeness (QED) is 0.344. The Morgan fingerprint density at radius 2 is 2.33 bits per heavy atom. The molecule has 0 spiro atoms. The molecule has 9 heteroatoms. The first-order valence-electron chi connectivity index (χ1n) is 7.76. The van der Waals surface area contributed by atoms with Gasteiger partial charge in [-0.3, -0.25) is 15.1 Å². The third-order valence-corrected chi connectivity index (χ3v) is 3.47. The van der Waals surface area contributed by atoms with Crippen molar-refractivity contribution in [2.24, 2.45) is 10.7 Å². The molecule has 0 aromatic carbocycles. The van der Waals surface area contributed by atoms with Crippen molar-refractivity contribution < 1.29 is 9.45 Å². The number of halogens is 1. The fourth-order valence-corrected chi connectivity index (χ4v) is 1.90. The van der Waals surface area contributed by atoms with Gasteiger partial charge in [-0.25, -0.2) is 0 Å². The van der Waals surface area contributed by atoms with E-state index in [0.29, 0.717) is 22.1 Å². The van der Waals surface area contributed by atoms with E-state index in [1.165, 1.54) is 24.8 Å². The predicted molar refractivity (Wildman–Crippen MR) is 107 cm³/mol. The van der Waals surface area contributed by atoms with E-state index in [9.17, 15) is 10.1 Å². The Morgan fingerprint density at radius 3 is 2.89 bits per heavy atom. The van der Waals surface area contributed by atoms with Crippen LogP contribution in [0.15, 0.2) is 81.8 Å². The van der Waals surface area contributed by atoms with E-state index in [0.717, 1.165) is 5.57 Å². The summed E-state index contributed by atoms with van der Waals surface area (Å²) >= 11 is 5.95. The van der Waals surface area contributed by atoms with E-state index < -0.39 is 11.0 Å². The van der Waals surface area contributed by atoms with Crippen molar-refractivity contribution in [1.82, 2.24) is 10.1 Å². The number of hydrogen-bond donors (Lipinski definition) is 1. The van der Waals surface area contributed by atoms with Crippen LogP contribution < -0.4 is 5.73 Å². The zero-order valence-corrected chi connectivity index (χ0v) is 15.5. The van der Waals surface area contributed by atoms with E-state index in [1.807, 2.05) is 13.0 Å². The van der Waals surface area contributed by atoms with Crippen molar-refractivity contribution in [3.05, 3.63) is 88.2 Å². The maximum absolute atomic E-state index is 10.7. The van der Waals surface area contributed by atoms with Gasteiger partial charge in [0, 0.05) is 40.1 Å². The van der Waals surface area contributed by atoms with Crippen LogP contribution in [0.5, 0.6) is 0 Å². The van der Waals surface area contributed by atoms with Crippen LogP contribution in [-0.2, 0) is 0 Å². The molecular formula is C18H20ClN5O3. The molecule has 0 saturated heterocycles. The lowest BCUT2D eigenvalue weighted by Gasteiger charge is -2.01. The number of hydrogen-bond acceptors (Lipinski definition) is 7. The fourth-order valence-electron chi connectivity index (χ4n) is 1.71. The molecule has 142 valence electrons. The Hall–Kier alpha value is -3.10. The van der Waals surface area contributed by atoms with Crippen LogP contribution in [0.1, 0.15) is 12.7 Å². The highest BCUT2D eigenvalue weighted by molar-refractivity contribution is 6.34. The second kappa shape index (κ2) is 11.5. The third-order valence-electron chi connectivity index (χ3n) is 3.12. The molecule has 0 bridgehead atoms. The van der Waals surface area contributed by atoms with Gasteiger partial charge in [0.15, 0.2) is 5.82 Å². The maximum Gasteiger partial charge on any atom is 0.250 e. The van der Waals surface area contributed by atoms with Crippen LogP contribution >= 0.6 is 11.6 Å². The van der Waals surface area contributed by atoms with E-state index in [4.69, 9.17) is 17.3 Å². The number of aliphatic imine (C=N–C) groups is 1. The van der Waals surface area contributed by atoms with Gasteiger partial charge in [-0.2, -0.15) is 4.98 Å². The van der Waals surface area contributed by atoms with Gasteiger partial charge >= 0.3 is 0 Å². The van der Waals surface area contributed by atoms with Crippen LogP contribution in [0.25, 0.3) is 5.57 Å². The second-order valence-corrected chi connectivity index (χ2v) is 5.57. The molecule has 1 atom stereocenters. The summed E-state index contributed by atoms with van der Waals surface area (Å²) in [5, 5.41) is 14.7. The van der Waals surface area contributed by atoms with E-state index in [-0.39, 0.29) is 6.54 Å². The highest BCUT2D eigenvalue weighted by atomic mass is 35.5. The molecule has 1 aromatic rings. The molecule has 0 aliphatic heterocycles. The summed E-state index contributed by atoms with van der Waals surface area (Å²) in [4.78, 5) is 18.1. The van der Waals surface area contributed by atoms with Gasteiger partial charge in [-0.05, 0) is 24.6 Å². The highest BCUT2D eigenvalue weighted by Crippen LogP contribution is 2.18. The Bertz CT molecular complexity index is 820. The standard InChI is InChI=1S/C11H12ClN3O2.C7H8N2O/c1-8(6-13)14-7-9-5-10(15(16)17)3-2-4-11(9)12;1-3-4-6(2)7-8-5-10-9-7/h2-5,7,10H,1,6,13H2;3-5H,1H2,2H3/b;6-4+. The average molecular weight is 390 g/mol. The lowest BCUT2D eigenvalue weighted by atomic mass is 10.2. The summed E-state index contributed by atoms with van der Waals surface area (Å²) in [5.41, 5.74) is 7.23. The first-order valence-corrected chi connectivity index (χ1v) is 8.14. The molecule has 0 fully saturated rings. The topological polar surface area (TPSA) is 120 Å². The van der Waals surface area contributed by atoms with Crippen LogP contribution in [0, 0.1) is 10.1 Å². The largest absolute Gasteiger partial charge is 0.342 e. The smallest absolute Gasteiger partial charge is 0.250 e. The summed E-state index contributed by atoms with van der Waals surface area (Å²) in [6, 6.07) is -0.907. The molecule has 2 rings (SSSR count). The highest BCUT2D eigenvalue weighted by Gasteiger charge is 2.16. The molecule has 8 nitrogen and oxygen atoms in total. The summed E-state index contributed by atoms with van der Waals surface area (Å²) < 4.78 is 4.55. The van der Waals surface area contributed by atoms with E-state index in [1.54, 1.807) is 18.2 Å². The number of rotatable bonds is 6. The minimum absolute atomic E-state index is 0.224. The minimum atomic E-state index is -0.907. The summed E-state index contributed by atoms with van der Waals surface area (Å²) in [5.74, 6) is 0.611. The molecule has 1 aliphatic carbocycles. The zero-order valence-electron chi connectivity index (χ0n) is 14.8. The maximum atomic E-state index is 10.7.